The Bertz CT molecular complexity index is 886. The monoisotopic (exact) mass is 402 g/mol. The van der Waals surface area contributed by atoms with Crippen molar-refractivity contribution in [1.82, 2.24) is 0 Å². The molecule has 1 N–H and O–H groups in total. The molecule has 5 nitrogen and oxygen atoms in total. The van der Waals surface area contributed by atoms with Gasteiger partial charge >= 0.3 is 5.97 Å². The smallest absolute Gasteiger partial charge is 0.303 e. The molecule has 0 aliphatic heterocycles. The van der Waals surface area contributed by atoms with Crippen LogP contribution in [-0.4, -0.2) is 41.0 Å². The van der Waals surface area contributed by atoms with E-state index in [4.69, 9.17) is 4.74 Å². The van der Waals surface area contributed by atoms with Crippen LogP contribution in [0.3, 0.4) is 0 Å². The van der Waals surface area contributed by atoms with E-state index >= 15 is 4.39 Å². The Labute approximate surface area is 169 Å². The topological polar surface area (TPSA) is 80.7 Å². The first-order valence-electron chi connectivity index (χ1n) is 10.2. The zero-order chi connectivity index (χ0) is 21.2. The summed E-state index contributed by atoms with van der Waals surface area (Å²) in [5, 5.41) is 11.1. The first-order valence-corrected chi connectivity index (χ1v) is 10.2. The largest absolute Gasteiger partial charge is 0.457 e. The number of ether oxygens (including phenoxy) is 1. The molecule has 0 aromatic heterocycles. The van der Waals surface area contributed by atoms with Gasteiger partial charge in [0, 0.05) is 29.2 Å². The number of halogens is 1. The predicted octanol–water partition coefficient (Wildman–Crippen LogP) is 3.03. The maximum Gasteiger partial charge on any atom is 0.303 e. The Morgan fingerprint density at radius 3 is 2.72 bits per heavy atom. The number of aliphatic hydroxyl groups excluding tert-OH is 1. The zero-order valence-electron chi connectivity index (χ0n) is 17.0. The third-order valence-electron chi connectivity index (χ3n) is 7.93. The number of Topliss-reactive ketones (excluding diaryl/α,β-unsaturated/α-hetero) is 1. The third-order valence-corrected chi connectivity index (χ3v) is 7.93. The average molecular weight is 402 g/mol. The summed E-state index contributed by atoms with van der Waals surface area (Å²) in [6.07, 6.45) is 6.89. The quantitative estimate of drug-likeness (QED) is 0.734. The predicted molar refractivity (Wildman–Crippen MR) is 103 cm³/mol. The number of fused-ring (bicyclic) bond motifs is 5. The van der Waals surface area contributed by atoms with Gasteiger partial charge in [0.2, 0.25) is 0 Å². The second kappa shape index (κ2) is 6.46. The van der Waals surface area contributed by atoms with Crippen molar-refractivity contribution in [2.24, 2.45) is 22.7 Å². The van der Waals surface area contributed by atoms with Gasteiger partial charge in [0.15, 0.2) is 23.8 Å². The Balaban J connectivity index is 1.68. The number of carbonyl (C=O) groups is 3. The molecule has 29 heavy (non-hydrogen) atoms. The average Bonchev–Trinajstić information content (AvgIpc) is 2.98. The molecule has 2 saturated carbocycles. The van der Waals surface area contributed by atoms with Gasteiger partial charge in [-0.15, -0.1) is 0 Å². The number of esters is 1. The minimum atomic E-state index is -1.90. The number of allylic oxidation sites excluding steroid dienone is 5. The van der Waals surface area contributed by atoms with E-state index in [1.807, 2.05) is 13.0 Å². The lowest BCUT2D eigenvalue weighted by atomic mass is 9.45. The first-order chi connectivity index (χ1) is 13.5. The van der Waals surface area contributed by atoms with Crippen LogP contribution in [0.15, 0.2) is 35.5 Å². The fourth-order valence-electron chi connectivity index (χ4n) is 6.46. The van der Waals surface area contributed by atoms with Crippen LogP contribution in [0.2, 0.25) is 0 Å². The Hall–Kier alpha value is -2.08. The highest BCUT2D eigenvalue weighted by molar-refractivity contribution is 6.01. The van der Waals surface area contributed by atoms with Gasteiger partial charge in [-0.3, -0.25) is 14.4 Å². The molecular weight excluding hydrogens is 375 g/mol. The van der Waals surface area contributed by atoms with E-state index in [1.54, 1.807) is 13.0 Å². The van der Waals surface area contributed by atoms with Gasteiger partial charge in [-0.1, -0.05) is 24.6 Å². The van der Waals surface area contributed by atoms with E-state index in [0.29, 0.717) is 24.8 Å². The molecule has 0 unspecified atom stereocenters. The van der Waals surface area contributed by atoms with Gasteiger partial charge in [-0.05, 0) is 50.7 Å². The molecule has 2 fully saturated rings. The molecule has 0 radical (unpaired) electrons. The minimum absolute atomic E-state index is 0.118. The van der Waals surface area contributed by atoms with Crippen molar-refractivity contribution in [1.29, 1.82) is 0 Å². The first kappa shape index (κ1) is 20.2. The van der Waals surface area contributed by atoms with Gasteiger partial charge < -0.3 is 9.84 Å². The second-order valence-electron chi connectivity index (χ2n) is 9.32. The van der Waals surface area contributed by atoms with Crippen LogP contribution in [-0.2, 0) is 19.1 Å². The molecule has 0 bridgehead atoms. The van der Waals surface area contributed by atoms with Crippen LogP contribution in [0.1, 0.15) is 46.5 Å². The van der Waals surface area contributed by atoms with E-state index < -0.39 is 34.5 Å². The molecule has 0 amide bonds. The molecule has 156 valence electrons. The summed E-state index contributed by atoms with van der Waals surface area (Å²) < 4.78 is 21.7. The van der Waals surface area contributed by atoms with E-state index in [1.165, 1.54) is 19.1 Å². The highest BCUT2D eigenvalue weighted by Gasteiger charge is 2.69. The van der Waals surface area contributed by atoms with Crippen LogP contribution in [0, 0.1) is 22.7 Å². The van der Waals surface area contributed by atoms with E-state index in [9.17, 15) is 19.5 Å². The highest BCUT2D eigenvalue weighted by atomic mass is 19.1. The number of carbonyl (C=O) groups excluding carboxylic acids is 3. The van der Waals surface area contributed by atoms with Gasteiger partial charge in [-0.25, -0.2) is 4.39 Å². The minimum Gasteiger partial charge on any atom is -0.457 e. The van der Waals surface area contributed by atoms with Crippen LogP contribution >= 0.6 is 0 Å². The van der Waals surface area contributed by atoms with Crippen LogP contribution in [0.25, 0.3) is 0 Å². The lowest BCUT2D eigenvalue weighted by molar-refractivity contribution is -0.185. The Morgan fingerprint density at radius 1 is 1.31 bits per heavy atom. The number of hydrogen-bond donors (Lipinski definition) is 1. The number of ketones is 2. The highest BCUT2D eigenvalue weighted by Crippen LogP contribution is 2.67. The van der Waals surface area contributed by atoms with Crippen molar-refractivity contribution in [3.05, 3.63) is 35.5 Å². The molecule has 0 spiro atoms. The van der Waals surface area contributed by atoms with E-state index in [2.05, 4.69) is 0 Å². The number of alkyl halides is 1. The number of rotatable bonds is 3. The normalized spacial score (nSPS) is 42.9. The molecular formula is C23H27FO5. The summed E-state index contributed by atoms with van der Waals surface area (Å²) in [6, 6.07) is 0. The lowest BCUT2D eigenvalue weighted by Crippen LogP contribution is -2.66. The second-order valence-corrected chi connectivity index (χ2v) is 9.32. The molecule has 0 saturated heterocycles. The van der Waals surface area contributed by atoms with Crippen molar-refractivity contribution in [3.63, 3.8) is 0 Å². The number of hydrogen-bond acceptors (Lipinski definition) is 5. The lowest BCUT2D eigenvalue weighted by Gasteiger charge is -2.61. The summed E-state index contributed by atoms with van der Waals surface area (Å²) in [5.74, 6) is -1.52. The Morgan fingerprint density at radius 2 is 2.03 bits per heavy atom. The number of aliphatic hydroxyl groups is 1. The molecule has 0 aromatic rings. The standard InChI is InChI=1S/C23H27FO5/c1-13(25)29-12-19(27)18-7-6-16-17-5-4-14-10-15(26)8-9-22(14,3)23(17,24)20(28)11-21(16,18)2/h7-10,16-17,20,28H,4-6,11-12H2,1-3H3/t16-,17-,20+,21-,22-,23-/m0/s1. The van der Waals surface area contributed by atoms with Crippen LogP contribution in [0.4, 0.5) is 4.39 Å². The molecule has 6 heteroatoms. The van der Waals surface area contributed by atoms with Gasteiger partial charge in [-0.2, -0.15) is 0 Å². The fourth-order valence-corrected chi connectivity index (χ4v) is 6.46. The van der Waals surface area contributed by atoms with Gasteiger partial charge in [0.25, 0.3) is 0 Å². The molecule has 0 aromatic carbocycles. The summed E-state index contributed by atoms with van der Waals surface area (Å²) in [5.41, 5.74) is -2.33. The van der Waals surface area contributed by atoms with E-state index in [-0.39, 0.29) is 30.5 Å². The van der Waals surface area contributed by atoms with Crippen LogP contribution < -0.4 is 0 Å². The van der Waals surface area contributed by atoms with Crippen molar-refractivity contribution >= 4 is 17.5 Å². The molecule has 4 aliphatic rings. The molecule has 6 atom stereocenters. The van der Waals surface area contributed by atoms with Crippen molar-refractivity contribution < 1.29 is 28.6 Å². The molecule has 4 aliphatic carbocycles. The van der Waals surface area contributed by atoms with Crippen molar-refractivity contribution in [2.75, 3.05) is 6.61 Å². The maximum absolute atomic E-state index is 16.8. The molecule has 0 heterocycles. The zero-order valence-corrected chi connectivity index (χ0v) is 17.0. The maximum atomic E-state index is 16.8. The van der Waals surface area contributed by atoms with Crippen molar-refractivity contribution in [2.45, 2.75) is 58.2 Å². The summed E-state index contributed by atoms with van der Waals surface area (Å²) in [7, 11) is 0. The third kappa shape index (κ3) is 2.64. The van der Waals surface area contributed by atoms with Gasteiger partial charge in [0.05, 0.1) is 6.10 Å². The van der Waals surface area contributed by atoms with Crippen LogP contribution in [0.5, 0.6) is 0 Å². The molecule has 4 rings (SSSR count). The SMILES string of the molecule is CC(=O)OCC(=O)C1=CC[C@H]2[C@@H]3CCC4=CC(=O)C=C[C@]4(C)[C@@]3(F)[C@H](O)C[C@]12C. The van der Waals surface area contributed by atoms with E-state index in [0.717, 1.165) is 5.57 Å². The van der Waals surface area contributed by atoms with Crippen molar-refractivity contribution in [3.8, 4) is 0 Å². The summed E-state index contributed by atoms with van der Waals surface area (Å²) in [4.78, 5) is 35.6. The fraction of sp³-hybridized carbons (Fsp3) is 0.609. The summed E-state index contributed by atoms with van der Waals surface area (Å²) >= 11 is 0. The van der Waals surface area contributed by atoms with Gasteiger partial charge in [0.1, 0.15) is 0 Å². The Kier molecular flexibility index (Phi) is 4.50. The summed E-state index contributed by atoms with van der Waals surface area (Å²) in [6.45, 7) is 4.60.